The summed E-state index contributed by atoms with van der Waals surface area (Å²) in [4.78, 5) is 7.77. The molecule has 1 aromatic carbocycles. The van der Waals surface area contributed by atoms with Crippen molar-refractivity contribution in [2.24, 2.45) is 11.1 Å². The Bertz CT molecular complexity index is 595. The van der Waals surface area contributed by atoms with Crippen LogP contribution >= 0.6 is 15.9 Å². The number of oxime groups is 1. The summed E-state index contributed by atoms with van der Waals surface area (Å²) in [5.41, 5.74) is 0.325. The van der Waals surface area contributed by atoms with Crippen LogP contribution in [0, 0.1) is 5.92 Å². The van der Waals surface area contributed by atoms with Crippen LogP contribution in [-0.4, -0.2) is 28.7 Å². The molecule has 1 saturated heterocycles. The summed E-state index contributed by atoms with van der Waals surface area (Å²) in [6, 6.07) is 5.62. The Morgan fingerprint density at radius 3 is 2.33 bits per heavy atom. The standard InChI is InChI=1S/C17H20BrF3N2O/c1-11(12-2-4-14(5-3-12)17(19,20)21)23-8-6-13(7-9-23)15-10-16(18)22-24-15/h2-5,11,13,15H,6-10H2,1H3. The molecule has 2 aliphatic rings. The molecule has 3 rings (SSSR count). The lowest BCUT2D eigenvalue weighted by atomic mass is 9.89. The Morgan fingerprint density at radius 2 is 1.83 bits per heavy atom. The van der Waals surface area contributed by atoms with E-state index < -0.39 is 11.7 Å². The van der Waals surface area contributed by atoms with E-state index in [9.17, 15) is 13.2 Å². The van der Waals surface area contributed by atoms with Gasteiger partial charge in [0.1, 0.15) is 10.7 Å². The van der Waals surface area contributed by atoms with Crippen molar-refractivity contribution in [3.63, 3.8) is 0 Å². The van der Waals surface area contributed by atoms with Gasteiger partial charge in [0.05, 0.1) is 5.56 Å². The third-order valence-corrected chi connectivity index (χ3v) is 5.49. The van der Waals surface area contributed by atoms with Crippen molar-refractivity contribution in [3.8, 4) is 0 Å². The number of nitrogens with zero attached hydrogens (tertiary/aromatic N) is 2. The lowest BCUT2D eigenvalue weighted by Gasteiger charge is -2.37. The summed E-state index contributed by atoms with van der Waals surface area (Å²) in [7, 11) is 0. The molecule has 0 radical (unpaired) electrons. The van der Waals surface area contributed by atoms with Gasteiger partial charge in [-0.2, -0.15) is 13.2 Å². The Kier molecular flexibility index (Phi) is 5.20. The first-order valence-electron chi connectivity index (χ1n) is 8.14. The summed E-state index contributed by atoms with van der Waals surface area (Å²) in [6.07, 6.45) is -1.25. The number of benzene rings is 1. The largest absolute Gasteiger partial charge is 0.416 e. The topological polar surface area (TPSA) is 24.8 Å². The molecule has 0 aromatic heterocycles. The second kappa shape index (κ2) is 7.04. The fourth-order valence-electron chi connectivity index (χ4n) is 3.46. The Balaban J connectivity index is 1.56. The molecule has 2 atom stereocenters. The highest BCUT2D eigenvalue weighted by atomic mass is 79.9. The van der Waals surface area contributed by atoms with Crippen molar-refractivity contribution in [1.29, 1.82) is 0 Å². The Labute approximate surface area is 148 Å². The van der Waals surface area contributed by atoms with Gasteiger partial charge in [0.25, 0.3) is 0 Å². The van der Waals surface area contributed by atoms with Gasteiger partial charge in [-0.05, 0) is 66.5 Å². The summed E-state index contributed by atoms with van der Waals surface area (Å²) >= 11 is 3.37. The molecule has 132 valence electrons. The smallest absolute Gasteiger partial charge is 0.391 e. The van der Waals surface area contributed by atoms with Gasteiger partial charge in [0.2, 0.25) is 0 Å². The highest BCUT2D eigenvalue weighted by molar-refractivity contribution is 9.18. The van der Waals surface area contributed by atoms with Crippen molar-refractivity contribution >= 4 is 20.6 Å². The van der Waals surface area contributed by atoms with E-state index >= 15 is 0 Å². The number of halogens is 4. The maximum absolute atomic E-state index is 12.7. The molecule has 24 heavy (non-hydrogen) atoms. The normalized spacial score (nSPS) is 24.5. The molecule has 1 aromatic rings. The Hall–Kier alpha value is -1.08. The van der Waals surface area contributed by atoms with E-state index in [2.05, 4.69) is 32.9 Å². The first kappa shape index (κ1) is 17.7. The van der Waals surface area contributed by atoms with Crippen molar-refractivity contribution < 1.29 is 18.0 Å². The third-order valence-electron chi connectivity index (χ3n) is 5.02. The van der Waals surface area contributed by atoms with Crippen LogP contribution in [0.1, 0.15) is 43.4 Å². The van der Waals surface area contributed by atoms with Crippen LogP contribution in [0.15, 0.2) is 29.4 Å². The van der Waals surface area contributed by atoms with Gasteiger partial charge >= 0.3 is 6.18 Å². The zero-order valence-corrected chi connectivity index (χ0v) is 15.0. The average Bonchev–Trinajstić information content (AvgIpc) is 3.00. The predicted molar refractivity (Wildman–Crippen MR) is 90.0 cm³/mol. The molecule has 0 aliphatic carbocycles. The summed E-state index contributed by atoms with van der Waals surface area (Å²) < 4.78 is 38.8. The highest BCUT2D eigenvalue weighted by Crippen LogP contribution is 2.34. The van der Waals surface area contributed by atoms with Gasteiger partial charge in [0, 0.05) is 18.4 Å². The van der Waals surface area contributed by atoms with E-state index in [4.69, 9.17) is 4.84 Å². The molecule has 2 unspecified atom stereocenters. The molecule has 7 heteroatoms. The maximum Gasteiger partial charge on any atom is 0.416 e. The zero-order valence-electron chi connectivity index (χ0n) is 13.4. The van der Waals surface area contributed by atoms with Gasteiger partial charge in [0.15, 0.2) is 0 Å². The number of hydrogen-bond acceptors (Lipinski definition) is 3. The molecule has 0 N–H and O–H groups in total. The molecule has 0 saturated carbocycles. The molecule has 0 spiro atoms. The number of alkyl halides is 3. The van der Waals surface area contributed by atoms with Gasteiger partial charge in [-0.1, -0.05) is 17.3 Å². The lowest BCUT2D eigenvalue weighted by Crippen LogP contribution is -2.39. The van der Waals surface area contributed by atoms with Gasteiger partial charge < -0.3 is 4.84 Å². The van der Waals surface area contributed by atoms with Gasteiger partial charge in [-0.3, -0.25) is 4.90 Å². The second-order valence-corrected chi connectivity index (χ2v) is 7.40. The monoisotopic (exact) mass is 404 g/mol. The molecule has 0 amide bonds. The van der Waals surface area contributed by atoms with Crippen molar-refractivity contribution in [1.82, 2.24) is 4.90 Å². The molecule has 1 fully saturated rings. The van der Waals surface area contributed by atoms with E-state index in [0.717, 1.165) is 42.5 Å². The van der Waals surface area contributed by atoms with Crippen LogP contribution in [0.2, 0.25) is 0 Å². The number of piperidine rings is 1. The molecule has 2 heterocycles. The lowest BCUT2D eigenvalue weighted by molar-refractivity contribution is -0.137. The molecule has 2 aliphatic heterocycles. The van der Waals surface area contributed by atoms with E-state index in [1.54, 1.807) is 12.1 Å². The highest BCUT2D eigenvalue weighted by Gasteiger charge is 2.33. The summed E-state index contributed by atoms with van der Waals surface area (Å²) in [5.74, 6) is 0.486. The summed E-state index contributed by atoms with van der Waals surface area (Å²) in [5, 5.41) is 3.95. The van der Waals surface area contributed by atoms with Gasteiger partial charge in [-0.25, -0.2) is 0 Å². The first-order valence-corrected chi connectivity index (χ1v) is 8.93. The van der Waals surface area contributed by atoms with Crippen molar-refractivity contribution in [3.05, 3.63) is 35.4 Å². The van der Waals surface area contributed by atoms with Gasteiger partial charge in [-0.15, -0.1) is 0 Å². The summed E-state index contributed by atoms with van der Waals surface area (Å²) in [6.45, 7) is 3.89. The van der Waals surface area contributed by atoms with E-state index in [1.165, 1.54) is 12.1 Å². The Morgan fingerprint density at radius 1 is 1.21 bits per heavy atom. The minimum atomic E-state index is -4.28. The maximum atomic E-state index is 12.7. The second-order valence-electron chi connectivity index (χ2n) is 6.48. The van der Waals surface area contributed by atoms with E-state index in [-0.39, 0.29) is 12.1 Å². The van der Waals surface area contributed by atoms with E-state index in [0.29, 0.717) is 5.92 Å². The molecule has 0 bridgehead atoms. The van der Waals surface area contributed by atoms with Crippen molar-refractivity contribution in [2.45, 2.75) is 44.5 Å². The predicted octanol–water partition coefficient (Wildman–Crippen LogP) is 4.98. The number of rotatable bonds is 3. The van der Waals surface area contributed by atoms with Crippen LogP contribution in [0.5, 0.6) is 0 Å². The zero-order chi connectivity index (χ0) is 17.3. The van der Waals surface area contributed by atoms with Crippen molar-refractivity contribution in [2.75, 3.05) is 13.1 Å². The van der Waals surface area contributed by atoms with E-state index in [1.807, 2.05) is 0 Å². The van der Waals surface area contributed by atoms with Crippen LogP contribution in [0.3, 0.4) is 0 Å². The van der Waals surface area contributed by atoms with Crippen LogP contribution < -0.4 is 0 Å². The van der Waals surface area contributed by atoms with Crippen LogP contribution in [-0.2, 0) is 11.0 Å². The number of likely N-dealkylation sites (tertiary alicyclic amines) is 1. The third kappa shape index (κ3) is 3.94. The fraction of sp³-hybridized carbons (Fsp3) is 0.588. The van der Waals surface area contributed by atoms with Crippen LogP contribution in [0.4, 0.5) is 13.2 Å². The van der Waals surface area contributed by atoms with Crippen LogP contribution in [0.25, 0.3) is 0 Å². The number of hydrogen-bond donors (Lipinski definition) is 0. The first-order chi connectivity index (χ1) is 11.3. The molecular weight excluding hydrogens is 385 g/mol. The minimum Gasteiger partial charge on any atom is -0.391 e. The minimum absolute atomic E-state index is 0.112. The molecule has 3 nitrogen and oxygen atoms in total. The average molecular weight is 405 g/mol. The quantitative estimate of drug-likeness (QED) is 0.709. The SMILES string of the molecule is CC(c1ccc(C(F)(F)F)cc1)N1CCC(C2CC(Br)=NO2)CC1. The molecular formula is C17H20BrF3N2O. The fourth-order valence-corrected chi connectivity index (χ4v) is 3.86.